The lowest BCUT2D eigenvalue weighted by molar-refractivity contribution is 0.727. The van der Waals surface area contributed by atoms with E-state index in [1.807, 2.05) is 5.38 Å². The molecule has 4 heteroatoms. The largest absolute Gasteiger partial charge is 0.271 e. The van der Waals surface area contributed by atoms with Gasteiger partial charge in [-0.2, -0.15) is 0 Å². The number of nitrogens with one attached hydrogen (secondary N) is 1. The number of rotatable bonds is 3. The molecule has 15 heavy (non-hydrogen) atoms. The van der Waals surface area contributed by atoms with Crippen molar-refractivity contribution in [3.05, 3.63) is 40.9 Å². The van der Waals surface area contributed by atoms with Crippen LogP contribution < -0.4 is 11.3 Å². The minimum absolute atomic E-state index is 0.613. The predicted molar refractivity (Wildman–Crippen MR) is 63.3 cm³/mol. The first-order valence-electron chi connectivity index (χ1n) is 4.74. The number of hydrogen-bond acceptors (Lipinski definition) is 4. The Morgan fingerprint density at radius 3 is 2.73 bits per heavy atom. The molecule has 1 aromatic carbocycles. The van der Waals surface area contributed by atoms with Crippen LogP contribution in [0, 0.1) is 6.92 Å². The van der Waals surface area contributed by atoms with E-state index in [9.17, 15) is 0 Å². The van der Waals surface area contributed by atoms with Crippen LogP contribution in [0.5, 0.6) is 0 Å². The number of nitrogens with two attached hydrogens (primary N) is 1. The van der Waals surface area contributed by atoms with Gasteiger partial charge in [0.1, 0.15) is 5.01 Å². The molecule has 0 aliphatic rings. The first-order chi connectivity index (χ1) is 7.29. The molecule has 3 nitrogen and oxygen atoms in total. The van der Waals surface area contributed by atoms with Gasteiger partial charge in [-0.25, -0.2) is 4.98 Å². The van der Waals surface area contributed by atoms with Crippen LogP contribution in [0.2, 0.25) is 0 Å². The van der Waals surface area contributed by atoms with Crippen LogP contribution in [0.15, 0.2) is 29.6 Å². The molecule has 0 saturated heterocycles. The number of aryl methyl sites for hydroxylation is 1. The highest BCUT2D eigenvalue weighted by Crippen LogP contribution is 2.23. The van der Waals surface area contributed by atoms with E-state index in [2.05, 4.69) is 41.6 Å². The van der Waals surface area contributed by atoms with Gasteiger partial charge in [0.25, 0.3) is 0 Å². The molecule has 0 spiro atoms. The topological polar surface area (TPSA) is 50.9 Å². The third-order valence-electron chi connectivity index (χ3n) is 2.13. The maximum absolute atomic E-state index is 5.24. The Labute approximate surface area is 92.9 Å². The Morgan fingerprint density at radius 2 is 2.07 bits per heavy atom. The average molecular weight is 219 g/mol. The fourth-order valence-corrected chi connectivity index (χ4v) is 2.15. The number of benzene rings is 1. The molecule has 0 aliphatic heterocycles. The van der Waals surface area contributed by atoms with Crippen molar-refractivity contribution in [2.24, 2.45) is 5.84 Å². The normalized spacial score (nSPS) is 10.5. The van der Waals surface area contributed by atoms with Crippen LogP contribution in [0.25, 0.3) is 10.6 Å². The van der Waals surface area contributed by atoms with Gasteiger partial charge in [-0.05, 0) is 6.92 Å². The molecule has 0 fully saturated rings. The van der Waals surface area contributed by atoms with Crippen molar-refractivity contribution in [1.82, 2.24) is 10.4 Å². The van der Waals surface area contributed by atoms with Gasteiger partial charge >= 0.3 is 0 Å². The second-order valence-electron chi connectivity index (χ2n) is 3.39. The number of nitrogens with zero attached hydrogens (tertiary/aromatic N) is 1. The van der Waals surface area contributed by atoms with E-state index in [0.29, 0.717) is 6.54 Å². The van der Waals surface area contributed by atoms with E-state index in [1.165, 1.54) is 5.56 Å². The van der Waals surface area contributed by atoms with Crippen molar-refractivity contribution < 1.29 is 0 Å². The summed E-state index contributed by atoms with van der Waals surface area (Å²) in [5.41, 5.74) is 6.01. The molecule has 2 rings (SSSR count). The molecule has 0 aliphatic carbocycles. The molecule has 1 aromatic heterocycles. The molecule has 1 heterocycles. The van der Waals surface area contributed by atoms with Gasteiger partial charge in [-0.1, -0.05) is 29.8 Å². The Kier molecular flexibility index (Phi) is 3.11. The molecule has 0 bridgehead atoms. The summed E-state index contributed by atoms with van der Waals surface area (Å²) in [7, 11) is 0. The van der Waals surface area contributed by atoms with Crippen LogP contribution in [0.3, 0.4) is 0 Å². The molecule has 78 valence electrons. The molecular formula is C11H13N3S. The van der Waals surface area contributed by atoms with E-state index in [1.54, 1.807) is 11.3 Å². The SMILES string of the molecule is Cc1ccc(-c2nc(CNN)cs2)cc1. The lowest BCUT2D eigenvalue weighted by atomic mass is 10.2. The summed E-state index contributed by atoms with van der Waals surface area (Å²) in [4.78, 5) is 4.48. The maximum atomic E-state index is 5.24. The highest BCUT2D eigenvalue weighted by molar-refractivity contribution is 7.13. The van der Waals surface area contributed by atoms with E-state index >= 15 is 0 Å². The monoisotopic (exact) mass is 219 g/mol. The zero-order valence-electron chi connectivity index (χ0n) is 8.53. The lowest BCUT2D eigenvalue weighted by Gasteiger charge is -1.96. The molecule has 0 amide bonds. The van der Waals surface area contributed by atoms with Gasteiger partial charge in [0, 0.05) is 10.9 Å². The van der Waals surface area contributed by atoms with Crippen molar-refractivity contribution in [2.75, 3.05) is 0 Å². The summed E-state index contributed by atoms with van der Waals surface area (Å²) in [6.07, 6.45) is 0. The van der Waals surface area contributed by atoms with Gasteiger partial charge in [-0.15, -0.1) is 11.3 Å². The Morgan fingerprint density at radius 1 is 1.33 bits per heavy atom. The van der Waals surface area contributed by atoms with Crippen molar-refractivity contribution >= 4 is 11.3 Å². The smallest absolute Gasteiger partial charge is 0.123 e. The predicted octanol–water partition coefficient (Wildman–Crippen LogP) is 2.08. The number of hydrazine groups is 1. The molecule has 0 unspecified atom stereocenters. The third kappa shape index (κ3) is 2.41. The standard InChI is InChI=1S/C11H13N3S/c1-8-2-4-9(5-3-8)11-14-10(6-13-12)7-15-11/h2-5,7,13H,6,12H2,1H3. The minimum atomic E-state index is 0.613. The third-order valence-corrected chi connectivity index (χ3v) is 3.07. The van der Waals surface area contributed by atoms with Crippen LogP contribution in [-0.4, -0.2) is 4.98 Å². The molecule has 0 atom stereocenters. The molecular weight excluding hydrogens is 206 g/mol. The molecule has 0 radical (unpaired) electrons. The number of hydrogen-bond donors (Lipinski definition) is 2. The van der Waals surface area contributed by atoms with Crippen molar-refractivity contribution in [1.29, 1.82) is 0 Å². The van der Waals surface area contributed by atoms with Gasteiger partial charge in [0.05, 0.1) is 12.2 Å². The molecule has 3 N–H and O–H groups in total. The van der Waals surface area contributed by atoms with Gasteiger partial charge < -0.3 is 0 Å². The fourth-order valence-electron chi connectivity index (χ4n) is 1.32. The lowest BCUT2D eigenvalue weighted by Crippen LogP contribution is -2.20. The molecule has 0 saturated carbocycles. The van der Waals surface area contributed by atoms with Crippen LogP contribution >= 0.6 is 11.3 Å². The summed E-state index contributed by atoms with van der Waals surface area (Å²) < 4.78 is 0. The summed E-state index contributed by atoms with van der Waals surface area (Å²) in [5.74, 6) is 5.24. The van der Waals surface area contributed by atoms with Crippen molar-refractivity contribution in [3.63, 3.8) is 0 Å². The quantitative estimate of drug-likeness (QED) is 0.614. The summed E-state index contributed by atoms with van der Waals surface area (Å²) >= 11 is 1.64. The second kappa shape index (κ2) is 4.53. The zero-order valence-corrected chi connectivity index (χ0v) is 9.34. The van der Waals surface area contributed by atoms with Crippen molar-refractivity contribution in [2.45, 2.75) is 13.5 Å². The maximum Gasteiger partial charge on any atom is 0.123 e. The van der Waals surface area contributed by atoms with Crippen LogP contribution in [-0.2, 0) is 6.54 Å². The molecule has 2 aromatic rings. The Hall–Kier alpha value is -1.23. The van der Waals surface area contributed by atoms with E-state index < -0.39 is 0 Å². The Bertz CT molecular complexity index is 433. The average Bonchev–Trinajstić information content (AvgIpc) is 2.68. The van der Waals surface area contributed by atoms with Gasteiger partial charge in [0.15, 0.2) is 0 Å². The highest BCUT2D eigenvalue weighted by Gasteiger charge is 2.03. The second-order valence-corrected chi connectivity index (χ2v) is 4.25. The van der Waals surface area contributed by atoms with Crippen molar-refractivity contribution in [3.8, 4) is 10.6 Å². The number of aromatic nitrogens is 1. The summed E-state index contributed by atoms with van der Waals surface area (Å²) in [5, 5.41) is 3.06. The van der Waals surface area contributed by atoms with Crippen LogP contribution in [0.1, 0.15) is 11.3 Å². The number of thiazole rings is 1. The van der Waals surface area contributed by atoms with E-state index in [0.717, 1.165) is 16.3 Å². The van der Waals surface area contributed by atoms with E-state index in [-0.39, 0.29) is 0 Å². The highest BCUT2D eigenvalue weighted by atomic mass is 32.1. The first kappa shape index (κ1) is 10.3. The van der Waals surface area contributed by atoms with Crippen LogP contribution in [0.4, 0.5) is 0 Å². The summed E-state index contributed by atoms with van der Waals surface area (Å²) in [6.45, 7) is 2.69. The van der Waals surface area contributed by atoms with E-state index in [4.69, 9.17) is 5.84 Å². The Balaban J connectivity index is 2.25. The zero-order chi connectivity index (χ0) is 10.7. The summed E-state index contributed by atoms with van der Waals surface area (Å²) in [6, 6.07) is 8.37. The minimum Gasteiger partial charge on any atom is -0.271 e. The first-order valence-corrected chi connectivity index (χ1v) is 5.62. The van der Waals surface area contributed by atoms with Gasteiger partial charge in [0.2, 0.25) is 0 Å². The fraction of sp³-hybridized carbons (Fsp3) is 0.182. The van der Waals surface area contributed by atoms with Gasteiger partial charge in [-0.3, -0.25) is 11.3 Å².